The maximum atomic E-state index is 12.6. The van der Waals surface area contributed by atoms with Crippen molar-refractivity contribution in [2.45, 2.75) is 42.5 Å². The Labute approximate surface area is 166 Å². The number of fused-ring (bicyclic) bond motifs is 1. The molecule has 0 amide bonds. The molecule has 0 fully saturated rings. The van der Waals surface area contributed by atoms with Crippen LogP contribution in [0.4, 0.5) is 15.9 Å². The summed E-state index contributed by atoms with van der Waals surface area (Å²) in [5.74, 6) is 0.0179. The summed E-state index contributed by atoms with van der Waals surface area (Å²) in [4.78, 5) is 3.01. The smallest absolute Gasteiger partial charge is 0.222 e. The van der Waals surface area contributed by atoms with E-state index < -0.39 is 5.82 Å². The van der Waals surface area contributed by atoms with Gasteiger partial charge in [0.15, 0.2) is 11.4 Å². The molecule has 0 unspecified atom stereocenters. The van der Waals surface area contributed by atoms with Gasteiger partial charge >= 0.3 is 0 Å². The molecule has 152 valence electrons. The molecule has 1 aromatic heterocycles. The first-order valence-corrected chi connectivity index (χ1v) is 7.68. The zero-order valence-electron chi connectivity index (χ0n) is 15.1. The number of aromatic nitrogens is 1. The van der Waals surface area contributed by atoms with Crippen molar-refractivity contribution >= 4 is 28.2 Å². The lowest BCUT2D eigenvalue weighted by atomic mass is 10.2. The van der Waals surface area contributed by atoms with Crippen molar-refractivity contribution in [3.63, 3.8) is 0 Å². The van der Waals surface area contributed by atoms with Crippen molar-refractivity contribution in [1.29, 1.82) is 0 Å². The Morgan fingerprint density at radius 3 is 2.18 bits per heavy atom. The van der Waals surface area contributed by atoms with Crippen LogP contribution in [-0.2, 0) is 0 Å². The van der Waals surface area contributed by atoms with E-state index in [4.69, 9.17) is 22.0 Å². The number of halogens is 1. The number of anilines is 1. The van der Waals surface area contributed by atoms with Gasteiger partial charge in [0.2, 0.25) is 5.69 Å². The normalized spacial score (nSPS) is 8.57. The van der Waals surface area contributed by atoms with Crippen molar-refractivity contribution in [2.24, 2.45) is 5.16 Å². The van der Waals surface area contributed by atoms with E-state index in [0.29, 0.717) is 11.5 Å². The highest BCUT2D eigenvalue weighted by Gasteiger charge is 2.02. The van der Waals surface area contributed by atoms with E-state index in [1.165, 1.54) is 12.1 Å². The van der Waals surface area contributed by atoms with Crippen LogP contribution in [0.15, 0.2) is 46.1 Å². The molecule has 3 N–H and O–H groups in total. The van der Waals surface area contributed by atoms with Gasteiger partial charge in [-0.25, -0.2) is 9.24 Å². The number of oxime groups is 1. The molecule has 2 aromatic carbocycles. The molecule has 1 heterocycles. The fraction of sp³-hybridized carbons (Fsp3) is 0.286. The molecular weight excluding hydrogens is 359 g/mol. The Hall–Kier alpha value is -3.40. The van der Waals surface area contributed by atoms with Crippen LogP contribution in [0, 0.1) is 26.2 Å². The summed E-state index contributed by atoms with van der Waals surface area (Å²) >= 11 is 0. The van der Waals surface area contributed by atoms with E-state index in [-0.39, 0.29) is 20.5 Å². The largest absolute Gasteiger partial charge is 0.411 e. The van der Waals surface area contributed by atoms with E-state index in [9.17, 15) is 4.39 Å². The van der Waals surface area contributed by atoms with Crippen LogP contribution < -0.4 is 5.73 Å². The number of aryl methyl sites for hydroxylation is 2. The van der Waals surface area contributed by atoms with Crippen LogP contribution >= 0.6 is 0 Å². The molecule has 6 nitrogen and oxygen atoms in total. The van der Waals surface area contributed by atoms with Crippen molar-refractivity contribution in [3.8, 4) is 0 Å². The predicted octanol–water partition coefficient (Wildman–Crippen LogP) is 6.53. The van der Waals surface area contributed by atoms with Gasteiger partial charge in [0.25, 0.3) is 0 Å². The van der Waals surface area contributed by atoms with E-state index in [1.54, 1.807) is 19.9 Å². The first kappa shape index (κ1) is 26.8. The van der Waals surface area contributed by atoms with Gasteiger partial charge in [0, 0.05) is 0 Å². The van der Waals surface area contributed by atoms with E-state index in [2.05, 4.69) is 15.2 Å². The molecule has 0 aliphatic rings. The number of rotatable bonds is 0. The standard InChI is InChI=1S/C8H6FN.C8H8N2O.C3H7NO.2CH4/c1-6-3-4-7(9)8(5-6)10-2;1-5-2-3-7-6(4-5)8(9)10-11-7;1-3(2)4-5;;/h3-5H,1H3;2-4H,1H3,(H2,9,10);5H,1-2H3;2*1H4. The zero-order chi connectivity index (χ0) is 19.7. The van der Waals surface area contributed by atoms with Gasteiger partial charge in [-0.2, -0.15) is 0 Å². The highest BCUT2D eigenvalue weighted by atomic mass is 19.1. The summed E-state index contributed by atoms with van der Waals surface area (Å²) in [7, 11) is 0. The van der Waals surface area contributed by atoms with Gasteiger partial charge in [-0.3, -0.25) is 0 Å². The minimum Gasteiger partial charge on any atom is -0.411 e. The summed E-state index contributed by atoms with van der Waals surface area (Å²) in [6.45, 7) is 13.8. The second-order valence-electron chi connectivity index (χ2n) is 5.68. The summed E-state index contributed by atoms with van der Waals surface area (Å²) in [6, 6.07) is 10.3. The van der Waals surface area contributed by atoms with Crippen molar-refractivity contribution in [1.82, 2.24) is 5.16 Å². The van der Waals surface area contributed by atoms with Gasteiger partial charge in [0.05, 0.1) is 17.7 Å². The fourth-order valence-electron chi connectivity index (χ4n) is 1.78. The van der Waals surface area contributed by atoms with E-state index in [0.717, 1.165) is 22.1 Å². The van der Waals surface area contributed by atoms with Gasteiger partial charge in [-0.1, -0.05) is 54.5 Å². The number of hydrogen-bond donors (Lipinski definition) is 2. The minimum atomic E-state index is -0.444. The summed E-state index contributed by atoms with van der Waals surface area (Å²) in [5.41, 5.74) is 9.14. The Bertz CT molecular complexity index is 939. The fourth-order valence-corrected chi connectivity index (χ4v) is 1.78. The third kappa shape index (κ3) is 8.32. The molecule has 0 saturated carbocycles. The third-order valence-corrected chi connectivity index (χ3v) is 3.08. The highest BCUT2D eigenvalue weighted by Crippen LogP contribution is 2.20. The molecule has 7 heteroatoms. The second kappa shape index (κ2) is 12.9. The van der Waals surface area contributed by atoms with E-state index in [1.807, 2.05) is 32.0 Å². The Morgan fingerprint density at radius 2 is 1.68 bits per heavy atom. The number of nitrogens with zero attached hydrogens (tertiary/aromatic N) is 3. The average molecular weight is 388 g/mol. The van der Waals surface area contributed by atoms with E-state index >= 15 is 0 Å². The topological polar surface area (TPSA) is 89.0 Å². The Kier molecular flexibility index (Phi) is 12.3. The van der Waals surface area contributed by atoms with Crippen molar-refractivity contribution in [3.05, 3.63) is 64.8 Å². The first-order chi connectivity index (χ1) is 12.3. The molecule has 28 heavy (non-hydrogen) atoms. The summed E-state index contributed by atoms with van der Waals surface area (Å²) in [6.07, 6.45) is 0. The Balaban J connectivity index is 0. The van der Waals surface area contributed by atoms with Crippen LogP contribution in [0.3, 0.4) is 0 Å². The first-order valence-electron chi connectivity index (χ1n) is 7.68. The lowest BCUT2D eigenvalue weighted by molar-refractivity contribution is 0.318. The third-order valence-electron chi connectivity index (χ3n) is 3.08. The van der Waals surface area contributed by atoms with Gasteiger partial charge in [-0.15, -0.1) is 0 Å². The number of hydrogen-bond acceptors (Lipinski definition) is 5. The average Bonchev–Trinajstić information content (AvgIpc) is 2.98. The van der Waals surface area contributed by atoms with Crippen LogP contribution in [-0.4, -0.2) is 16.1 Å². The molecule has 0 aliphatic heterocycles. The maximum Gasteiger partial charge on any atom is 0.222 e. The van der Waals surface area contributed by atoms with Crippen LogP contribution in [0.2, 0.25) is 0 Å². The maximum absolute atomic E-state index is 12.6. The lowest BCUT2D eigenvalue weighted by Crippen LogP contribution is -1.83. The molecular formula is C21H29FN4O2. The molecule has 3 rings (SSSR count). The minimum absolute atomic E-state index is 0. The van der Waals surface area contributed by atoms with Crippen molar-refractivity contribution < 1.29 is 14.1 Å². The monoisotopic (exact) mass is 388 g/mol. The highest BCUT2D eigenvalue weighted by molar-refractivity contribution is 5.87. The molecule has 0 spiro atoms. The van der Waals surface area contributed by atoms with Crippen LogP contribution in [0.25, 0.3) is 15.8 Å². The number of nitrogens with two attached hydrogens (primary N) is 1. The summed E-state index contributed by atoms with van der Waals surface area (Å²) in [5, 5.41) is 15.1. The molecule has 0 saturated heterocycles. The SMILES string of the molecule is C.C.CC(C)=NO.Cc1ccc2onc(N)c2c1.[C-]#[N+]c1cc(C)ccc1F. The number of nitrogen functional groups attached to an aromatic ring is 1. The van der Waals surface area contributed by atoms with Crippen LogP contribution in [0.5, 0.6) is 0 Å². The second-order valence-corrected chi connectivity index (χ2v) is 5.68. The lowest BCUT2D eigenvalue weighted by Gasteiger charge is -1.93. The Morgan fingerprint density at radius 1 is 1.14 bits per heavy atom. The molecule has 0 aliphatic carbocycles. The summed E-state index contributed by atoms with van der Waals surface area (Å²) < 4.78 is 17.5. The molecule has 3 aromatic rings. The molecule has 0 atom stereocenters. The van der Waals surface area contributed by atoms with Gasteiger partial charge in [-0.05, 0) is 45.9 Å². The zero-order valence-corrected chi connectivity index (χ0v) is 15.1. The van der Waals surface area contributed by atoms with Crippen molar-refractivity contribution in [2.75, 3.05) is 5.73 Å². The molecule has 0 radical (unpaired) electrons. The number of benzene rings is 2. The molecule has 0 bridgehead atoms. The van der Waals surface area contributed by atoms with Gasteiger partial charge in [0.1, 0.15) is 5.82 Å². The quantitative estimate of drug-likeness (QED) is 0.198. The predicted molar refractivity (Wildman–Crippen MR) is 115 cm³/mol. The van der Waals surface area contributed by atoms with Gasteiger partial charge < -0.3 is 15.5 Å². The van der Waals surface area contributed by atoms with Crippen LogP contribution in [0.1, 0.15) is 39.8 Å².